The fourth-order valence-corrected chi connectivity index (χ4v) is 2.83. The lowest BCUT2D eigenvalue weighted by molar-refractivity contribution is 0.0654. The van der Waals surface area contributed by atoms with Crippen LogP contribution in [0.5, 0.6) is 0 Å². The number of aromatic carboxylic acids is 1. The third-order valence-corrected chi connectivity index (χ3v) is 3.75. The number of hydrogen-bond donors (Lipinski definition) is 2. The highest BCUT2D eigenvalue weighted by atomic mass is 16.4. The van der Waals surface area contributed by atoms with E-state index in [0.717, 1.165) is 12.8 Å². The van der Waals surface area contributed by atoms with E-state index < -0.39 is 5.97 Å². The lowest BCUT2D eigenvalue weighted by atomic mass is 10.2. The van der Waals surface area contributed by atoms with E-state index in [1.807, 2.05) is 0 Å². The van der Waals surface area contributed by atoms with Gasteiger partial charge in [-0.15, -0.1) is 0 Å². The number of aryl methyl sites for hydroxylation is 1. The minimum Gasteiger partial charge on any atom is -0.475 e. The molecular weight excluding hydrogens is 246 g/mol. The minimum absolute atomic E-state index is 0.0189. The Labute approximate surface area is 112 Å². The number of rotatable bonds is 6. The Kier molecular flexibility index (Phi) is 4.61. The smallest absolute Gasteiger partial charge is 0.372 e. The lowest BCUT2D eigenvalue weighted by Gasteiger charge is -2.26. The molecule has 0 bridgehead atoms. The van der Waals surface area contributed by atoms with Crippen LogP contribution in [0.1, 0.15) is 47.6 Å². The number of nitrogens with zero attached hydrogens (tertiary/aromatic N) is 1. The van der Waals surface area contributed by atoms with E-state index in [9.17, 15) is 4.79 Å². The Morgan fingerprint density at radius 3 is 2.68 bits per heavy atom. The van der Waals surface area contributed by atoms with Crippen molar-refractivity contribution >= 4 is 5.97 Å². The van der Waals surface area contributed by atoms with Crippen molar-refractivity contribution in [1.82, 2.24) is 4.90 Å². The maximum Gasteiger partial charge on any atom is 0.372 e. The van der Waals surface area contributed by atoms with E-state index in [4.69, 9.17) is 14.6 Å². The molecular formula is C14H21NO4. The predicted molar refractivity (Wildman–Crippen MR) is 70.2 cm³/mol. The summed E-state index contributed by atoms with van der Waals surface area (Å²) < 4.78 is 5.39. The van der Waals surface area contributed by atoms with Gasteiger partial charge in [-0.3, -0.25) is 4.90 Å². The van der Waals surface area contributed by atoms with Crippen molar-refractivity contribution < 1.29 is 19.4 Å². The first kappa shape index (κ1) is 14.1. The fraction of sp³-hybridized carbons (Fsp3) is 0.643. The van der Waals surface area contributed by atoms with Crippen molar-refractivity contribution in [1.29, 1.82) is 0 Å². The molecule has 19 heavy (non-hydrogen) atoms. The molecule has 0 aliphatic heterocycles. The van der Waals surface area contributed by atoms with Gasteiger partial charge in [-0.1, -0.05) is 12.8 Å². The minimum atomic E-state index is -1.03. The molecule has 0 unspecified atom stereocenters. The molecule has 0 aromatic carbocycles. The van der Waals surface area contributed by atoms with Crippen molar-refractivity contribution in [3.05, 3.63) is 23.2 Å². The average Bonchev–Trinajstić information content (AvgIpc) is 2.97. The summed E-state index contributed by atoms with van der Waals surface area (Å²) in [5.74, 6) is -0.348. The van der Waals surface area contributed by atoms with Crippen LogP contribution in [0, 0.1) is 6.92 Å². The van der Waals surface area contributed by atoms with Gasteiger partial charge in [0.25, 0.3) is 0 Å². The number of aliphatic hydroxyl groups is 1. The summed E-state index contributed by atoms with van der Waals surface area (Å²) >= 11 is 0. The van der Waals surface area contributed by atoms with Gasteiger partial charge in [0.15, 0.2) is 0 Å². The summed E-state index contributed by atoms with van der Waals surface area (Å²) in [4.78, 5) is 13.1. The molecule has 1 aromatic heterocycles. The van der Waals surface area contributed by atoms with Crippen LogP contribution in [-0.4, -0.2) is 40.3 Å². The second-order valence-electron chi connectivity index (χ2n) is 5.16. The topological polar surface area (TPSA) is 73.9 Å². The molecule has 0 amide bonds. The molecule has 0 saturated heterocycles. The highest BCUT2D eigenvalue weighted by Gasteiger charge is 2.24. The second kappa shape index (κ2) is 6.21. The number of carboxylic acids is 1. The first-order valence-electron chi connectivity index (χ1n) is 6.79. The molecule has 5 nitrogen and oxygen atoms in total. The number of carbonyl (C=O) groups is 1. The SMILES string of the molecule is Cc1cc(CN(CCO)C2CCCC2)oc1C(=O)O. The molecule has 1 saturated carbocycles. The Morgan fingerprint density at radius 2 is 2.16 bits per heavy atom. The zero-order chi connectivity index (χ0) is 13.8. The van der Waals surface area contributed by atoms with Gasteiger partial charge in [0.2, 0.25) is 5.76 Å². The largest absolute Gasteiger partial charge is 0.475 e. The average molecular weight is 267 g/mol. The van der Waals surface area contributed by atoms with Gasteiger partial charge in [-0.25, -0.2) is 4.79 Å². The highest BCUT2D eigenvalue weighted by Crippen LogP contribution is 2.25. The highest BCUT2D eigenvalue weighted by molar-refractivity contribution is 5.86. The maximum absolute atomic E-state index is 11.0. The van der Waals surface area contributed by atoms with Crippen LogP contribution >= 0.6 is 0 Å². The monoisotopic (exact) mass is 267 g/mol. The maximum atomic E-state index is 11.0. The van der Waals surface area contributed by atoms with Gasteiger partial charge in [0, 0.05) is 18.2 Å². The standard InChI is InChI=1S/C14H21NO4/c1-10-8-12(19-13(10)14(17)18)9-15(6-7-16)11-4-2-3-5-11/h8,11,16H,2-7,9H2,1H3,(H,17,18). The first-order chi connectivity index (χ1) is 9.11. The number of aliphatic hydroxyl groups excluding tert-OH is 1. The number of carboxylic acid groups (broad SMARTS) is 1. The van der Waals surface area contributed by atoms with Crippen LogP contribution in [0.4, 0.5) is 0 Å². The van der Waals surface area contributed by atoms with E-state index in [1.165, 1.54) is 12.8 Å². The van der Waals surface area contributed by atoms with Crippen LogP contribution < -0.4 is 0 Å². The van der Waals surface area contributed by atoms with Crippen molar-refractivity contribution in [3.8, 4) is 0 Å². The molecule has 0 spiro atoms. The van der Waals surface area contributed by atoms with Gasteiger partial charge in [-0.05, 0) is 25.8 Å². The van der Waals surface area contributed by atoms with Crippen LogP contribution in [-0.2, 0) is 6.54 Å². The zero-order valence-corrected chi connectivity index (χ0v) is 11.3. The first-order valence-corrected chi connectivity index (χ1v) is 6.79. The van der Waals surface area contributed by atoms with Crippen molar-refractivity contribution in [2.45, 2.75) is 45.2 Å². The number of hydrogen-bond acceptors (Lipinski definition) is 4. The Bertz CT molecular complexity index is 435. The Balaban J connectivity index is 2.07. The van der Waals surface area contributed by atoms with Crippen LogP contribution in [0.3, 0.4) is 0 Å². The quantitative estimate of drug-likeness (QED) is 0.825. The van der Waals surface area contributed by atoms with Crippen LogP contribution in [0.25, 0.3) is 0 Å². The van der Waals surface area contributed by atoms with Crippen LogP contribution in [0.15, 0.2) is 10.5 Å². The second-order valence-corrected chi connectivity index (χ2v) is 5.16. The van der Waals surface area contributed by atoms with E-state index >= 15 is 0 Å². The van der Waals surface area contributed by atoms with Crippen molar-refractivity contribution in [2.24, 2.45) is 0 Å². The molecule has 2 N–H and O–H groups in total. The molecule has 1 aromatic rings. The molecule has 1 aliphatic rings. The molecule has 5 heteroatoms. The third-order valence-electron chi connectivity index (χ3n) is 3.75. The van der Waals surface area contributed by atoms with Gasteiger partial charge >= 0.3 is 5.97 Å². The molecule has 106 valence electrons. The molecule has 1 fully saturated rings. The van der Waals surface area contributed by atoms with E-state index in [-0.39, 0.29) is 12.4 Å². The van der Waals surface area contributed by atoms with E-state index in [0.29, 0.717) is 30.5 Å². The molecule has 1 aliphatic carbocycles. The van der Waals surface area contributed by atoms with Crippen molar-refractivity contribution in [2.75, 3.05) is 13.2 Å². The van der Waals surface area contributed by atoms with Crippen LogP contribution in [0.2, 0.25) is 0 Å². The summed E-state index contributed by atoms with van der Waals surface area (Å²) in [6.07, 6.45) is 4.74. The summed E-state index contributed by atoms with van der Waals surface area (Å²) in [6.45, 7) is 3.02. The van der Waals surface area contributed by atoms with E-state index in [2.05, 4.69) is 4.90 Å². The lowest BCUT2D eigenvalue weighted by Crippen LogP contribution is -2.34. The molecule has 0 radical (unpaired) electrons. The predicted octanol–water partition coefficient (Wildman–Crippen LogP) is 2.02. The van der Waals surface area contributed by atoms with Gasteiger partial charge < -0.3 is 14.6 Å². The summed E-state index contributed by atoms with van der Waals surface area (Å²) in [6, 6.07) is 2.26. The molecule has 1 heterocycles. The normalized spacial score (nSPS) is 16.4. The summed E-state index contributed by atoms with van der Waals surface area (Å²) in [5, 5.41) is 18.1. The summed E-state index contributed by atoms with van der Waals surface area (Å²) in [5.41, 5.74) is 0.651. The fourth-order valence-electron chi connectivity index (χ4n) is 2.83. The van der Waals surface area contributed by atoms with Crippen molar-refractivity contribution in [3.63, 3.8) is 0 Å². The van der Waals surface area contributed by atoms with Gasteiger partial charge in [-0.2, -0.15) is 0 Å². The van der Waals surface area contributed by atoms with Gasteiger partial charge in [0.1, 0.15) is 5.76 Å². The Hall–Kier alpha value is -1.33. The van der Waals surface area contributed by atoms with Gasteiger partial charge in [0.05, 0.1) is 13.2 Å². The third kappa shape index (κ3) is 3.36. The molecule has 0 atom stereocenters. The van der Waals surface area contributed by atoms with E-state index in [1.54, 1.807) is 13.0 Å². The zero-order valence-electron chi connectivity index (χ0n) is 11.3. The summed E-state index contributed by atoms with van der Waals surface area (Å²) in [7, 11) is 0. The number of furan rings is 1. The Morgan fingerprint density at radius 1 is 1.47 bits per heavy atom. The molecule has 2 rings (SSSR count).